The Bertz CT molecular complexity index is 350. The maximum Gasteiger partial charge on any atom is 0.133 e. The van der Waals surface area contributed by atoms with Gasteiger partial charge in [-0.25, -0.2) is 9.97 Å². The second kappa shape index (κ2) is 7.90. The summed E-state index contributed by atoms with van der Waals surface area (Å²) in [6.07, 6.45) is 5.64. The Morgan fingerprint density at radius 2 is 2.06 bits per heavy atom. The minimum atomic E-state index is 0.554. The lowest BCUT2D eigenvalue weighted by Gasteiger charge is -2.08. The molecule has 4 heteroatoms. The number of hydrogen-bond donors (Lipinski definition) is 2. The molecule has 0 aliphatic heterocycles. The Balaban J connectivity index is 2.37. The molecule has 0 spiro atoms. The number of nitrogens with one attached hydrogen (secondary N) is 1. The number of nitrogens with two attached hydrogens (primary N) is 1. The molecular weight excluding hydrogens is 224 g/mol. The summed E-state index contributed by atoms with van der Waals surface area (Å²) in [7, 11) is 0. The zero-order valence-corrected chi connectivity index (χ0v) is 11.9. The molecule has 0 saturated heterocycles. The molecule has 0 aliphatic rings. The van der Waals surface area contributed by atoms with Gasteiger partial charge in [0.05, 0.1) is 0 Å². The second-order valence-electron chi connectivity index (χ2n) is 5.16. The first-order valence-corrected chi connectivity index (χ1v) is 6.99. The summed E-state index contributed by atoms with van der Waals surface area (Å²) in [5.74, 6) is 3.03. The number of rotatable bonds is 8. The highest BCUT2D eigenvalue weighted by molar-refractivity contribution is 5.44. The fourth-order valence-corrected chi connectivity index (χ4v) is 1.84. The Kier molecular flexibility index (Phi) is 6.47. The maximum absolute atomic E-state index is 5.77. The maximum atomic E-state index is 5.77. The largest absolute Gasteiger partial charge is 0.384 e. The van der Waals surface area contributed by atoms with Crippen LogP contribution in [0.2, 0.25) is 0 Å². The first-order chi connectivity index (χ1) is 8.61. The van der Waals surface area contributed by atoms with E-state index in [0.717, 1.165) is 36.9 Å². The van der Waals surface area contributed by atoms with Gasteiger partial charge in [0.25, 0.3) is 0 Å². The standard InChI is InChI=1S/C14H26N4/c1-4-7-13-17-12(15)10-14(18-13)16-9-6-5-8-11(2)3/h10-11H,4-9H2,1-3H3,(H3,15,16,17,18). The molecule has 1 aromatic heterocycles. The topological polar surface area (TPSA) is 63.8 Å². The summed E-state index contributed by atoms with van der Waals surface area (Å²) in [5.41, 5.74) is 5.77. The van der Waals surface area contributed by atoms with Gasteiger partial charge in [-0.1, -0.05) is 33.6 Å². The quantitative estimate of drug-likeness (QED) is 0.695. The molecule has 0 aromatic carbocycles. The van der Waals surface area contributed by atoms with Crippen molar-refractivity contribution < 1.29 is 0 Å². The van der Waals surface area contributed by atoms with Crippen molar-refractivity contribution >= 4 is 11.6 Å². The molecule has 0 unspecified atom stereocenters. The lowest BCUT2D eigenvalue weighted by molar-refractivity contribution is 0.544. The van der Waals surface area contributed by atoms with E-state index in [0.29, 0.717) is 5.82 Å². The molecule has 1 heterocycles. The van der Waals surface area contributed by atoms with Crippen LogP contribution in [0.3, 0.4) is 0 Å². The summed E-state index contributed by atoms with van der Waals surface area (Å²) in [6, 6.07) is 1.81. The Labute approximate surface area is 110 Å². The lowest BCUT2D eigenvalue weighted by atomic mass is 10.1. The van der Waals surface area contributed by atoms with Crippen LogP contribution in [0.1, 0.15) is 52.3 Å². The van der Waals surface area contributed by atoms with E-state index in [1.807, 2.05) is 6.07 Å². The third-order valence-corrected chi connectivity index (χ3v) is 2.78. The van der Waals surface area contributed by atoms with Crippen molar-refractivity contribution in [3.8, 4) is 0 Å². The van der Waals surface area contributed by atoms with Crippen LogP contribution in [0.5, 0.6) is 0 Å². The van der Waals surface area contributed by atoms with E-state index in [-0.39, 0.29) is 0 Å². The van der Waals surface area contributed by atoms with Gasteiger partial charge in [-0.3, -0.25) is 0 Å². The van der Waals surface area contributed by atoms with Gasteiger partial charge in [-0.05, 0) is 18.8 Å². The summed E-state index contributed by atoms with van der Waals surface area (Å²) in [4.78, 5) is 8.67. The highest BCUT2D eigenvalue weighted by Gasteiger charge is 2.01. The van der Waals surface area contributed by atoms with Crippen LogP contribution in [-0.4, -0.2) is 16.5 Å². The van der Waals surface area contributed by atoms with Gasteiger partial charge in [0.2, 0.25) is 0 Å². The van der Waals surface area contributed by atoms with Gasteiger partial charge >= 0.3 is 0 Å². The number of aromatic nitrogens is 2. The van der Waals surface area contributed by atoms with E-state index in [1.165, 1.54) is 19.3 Å². The molecule has 1 aromatic rings. The smallest absolute Gasteiger partial charge is 0.133 e. The minimum absolute atomic E-state index is 0.554. The highest BCUT2D eigenvalue weighted by atomic mass is 15.0. The van der Waals surface area contributed by atoms with Crippen molar-refractivity contribution in [3.05, 3.63) is 11.9 Å². The summed E-state index contributed by atoms with van der Waals surface area (Å²) >= 11 is 0. The normalized spacial score (nSPS) is 10.9. The summed E-state index contributed by atoms with van der Waals surface area (Å²) in [5, 5.41) is 3.33. The van der Waals surface area contributed by atoms with Crippen molar-refractivity contribution in [1.82, 2.24) is 9.97 Å². The molecule has 1 rings (SSSR count). The van der Waals surface area contributed by atoms with Gasteiger partial charge in [-0.2, -0.15) is 0 Å². The van der Waals surface area contributed by atoms with Gasteiger partial charge in [-0.15, -0.1) is 0 Å². The van der Waals surface area contributed by atoms with Crippen molar-refractivity contribution in [2.24, 2.45) is 5.92 Å². The predicted octanol–water partition coefficient (Wildman–Crippen LogP) is 3.25. The third kappa shape index (κ3) is 5.84. The average Bonchev–Trinajstić information content (AvgIpc) is 2.28. The molecule has 102 valence electrons. The SMILES string of the molecule is CCCc1nc(N)cc(NCCCCC(C)C)n1. The number of nitrogen functional groups attached to an aromatic ring is 1. The molecule has 0 saturated carbocycles. The summed E-state index contributed by atoms with van der Waals surface area (Å²) in [6.45, 7) is 7.59. The van der Waals surface area contributed by atoms with Gasteiger partial charge in [0.15, 0.2) is 0 Å². The van der Waals surface area contributed by atoms with Crippen molar-refractivity contribution in [2.75, 3.05) is 17.6 Å². The third-order valence-electron chi connectivity index (χ3n) is 2.78. The number of unbranched alkanes of at least 4 members (excludes halogenated alkanes) is 1. The Hall–Kier alpha value is -1.32. The molecule has 0 amide bonds. The highest BCUT2D eigenvalue weighted by Crippen LogP contribution is 2.11. The summed E-state index contributed by atoms with van der Waals surface area (Å²) < 4.78 is 0. The molecule has 18 heavy (non-hydrogen) atoms. The molecule has 0 aliphatic carbocycles. The van der Waals surface area contributed by atoms with Crippen LogP contribution in [0.25, 0.3) is 0 Å². The van der Waals surface area contributed by atoms with E-state index in [1.54, 1.807) is 0 Å². The van der Waals surface area contributed by atoms with Gasteiger partial charge < -0.3 is 11.1 Å². The number of nitrogens with zero attached hydrogens (tertiary/aromatic N) is 2. The van der Waals surface area contributed by atoms with E-state index >= 15 is 0 Å². The Morgan fingerprint density at radius 1 is 1.28 bits per heavy atom. The monoisotopic (exact) mass is 250 g/mol. The first-order valence-electron chi connectivity index (χ1n) is 6.99. The van der Waals surface area contributed by atoms with Crippen LogP contribution in [0.4, 0.5) is 11.6 Å². The second-order valence-corrected chi connectivity index (χ2v) is 5.16. The average molecular weight is 250 g/mol. The van der Waals surface area contributed by atoms with Crippen LogP contribution in [0, 0.1) is 5.92 Å². The molecule has 0 fully saturated rings. The van der Waals surface area contributed by atoms with Crippen LogP contribution in [0.15, 0.2) is 6.07 Å². The van der Waals surface area contributed by atoms with Crippen LogP contribution >= 0.6 is 0 Å². The lowest BCUT2D eigenvalue weighted by Crippen LogP contribution is -2.08. The minimum Gasteiger partial charge on any atom is -0.384 e. The predicted molar refractivity (Wildman–Crippen MR) is 77.6 cm³/mol. The van der Waals surface area contributed by atoms with Crippen molar-refractivity contribution in [2.45, 2.75) is 52.9 Å². The van der Waals surface area contributed by atoms with Gasteiger partial charge in [0, 0.05) is 19.0 Å². The Morgan fingerprint density at radius 3 is 2.72 bits per heavy atom. The molecule has 0 radical (unpaired) electrons. The molecular formula is C14H26N4. The van der Waals surface area contributed by atoms with Crippen LogP contribution in [-0.2, 0) is 6.42 Å². The number of aryl methyl sites for hydroxylation is 1. The van der Waals surface area contributed by atoms with Crippen molar-refractivity contribution in [3.63, 3.8) is 0 Å². The zero-order valence-electron chi connectivity index (χ0n) is 11.9. The molecule has 4 nitrogen and oxygen atoms in total. The number of hydrogen-bond acceptors (Lipinski definition) is 4. The number of anilines is 2. The zero-order chi connectivity index (χ0) is 13.4. The van der Waals surface area contributed by atoms with E-state index in [2.05, 4.69) is 36.1 Å². The van der Waals surface area contributed by atoms with Crippen LogP contribution < -0.4 is 11.1 Å². The van der Waals surface area contributed by atoms with Gasteiger partial charge in [0.1, 0.15) is 17.5 Å². The molecule has 3 N–H and O–H groups in total. The fourth-order valence-electron chi connectivity index (χ4n) is 1.84. The van der Waals surface area contributed by atoms with Crippen molar-refractivity contribution in [1.29, 1.82) is 0 Å². The van der Waals surface area contributed by atoms with E-state index < -0.39 is 0 Å². The fraction of sp³-hybridized carbons (Fsp3) is 0.714. The van der Waals surface area contributed by atoms with E-state index in [9.17, 15) is 0 Å². The van der Waals surface area contributed by atoms with E-state index in [4.69, 9.17) is 5.73 Å². The molecule has 0 atom stereocenters. The first kappa shape index (κ1) is 14.7. The molecule has 0 bridgehead atoms.